The first-order valence-electron chi connectivity index (χ1n) is 7.86. The fraction of sp³-hybridized carbons (Fsp3) is 0.412. The number of hydrogen-bond acceptors (Lipinski definition) is 4. The number of benzene rings is 1. The van der Waals surface area contributed by atoms with Crippen LogP contribution >= 0.6 is 11.6 Å². The van der Waals surface area contributed by atoms with Gasteiger partial charge < -0.3 is 14.8 Å². The summed E-state index contributed by atoms with van der Waals surface area (Å²) in [6.07, 6.45) is 2.67. The van der Waals surface area contributed by atoms with Crippen molar-refractivity contribution in [3.63, 3.8) is 0 Å². The van der Waals surface area contributed by atoms with Crippen molar-refractivity contribution in [2.24, 2.45) is 0 Å². The van der Waals surface area contributed by atoms with Gasteiger partial charge >= 0.3 is 0 Å². The van der Waals surface area contributed by atoms with Gasteiger partial charge in [-0.3, -0.25) is 4.79 Å². The Morgan fingerprint density at radius 3 is 2.96 bits per heavy atom. The van der Waals surface area contributed by atoms with Gasteiger partial charge in [-0.1, -0.05) is 17.7 Å². The molecule has 0 atom stereocenters. The summed E-state index contributed by atoms with van der Waals surface area (Å²) in [6.45, 7) is 5.35. The van der Waals surface area contributed by atoms with Crippen molar-refractivity contribution in [1.29, 1.82) is 0 Å². The fourth-order valence-electron chi connectivity index (χ4n) is 1.94. The maximum Gasteiger partial charge on any atom is 0.271 e. The van der Waals surface area contributed by atoms with E-state index in [0.29, 0.717) is 29.6 Å². The summed E-state index contributed by atoms with van der Waals surface area (Å²) in [5.41, 5.74) is 0.356. The maximum atomic E-state index is 12.0. The average molecular weight is 352 g/mol. The molecule has 0 saturated heterocycles. The summed E-state index contributed by atoms with van der Waals surface area (Å²) in [7, 11) is 0. The second-order valence-electron chi connectivity index (χ2n) is 5.50. The molecule has 1 aromatic heterocycles. The predicted molar refractivity (Wildman–Crippen MR) is 92.3 cm³/mol. The van der Waals surface area contributed by atoms with E-state index in [9.17, 15) is 4.79 Å². The molecule has 1 N–H and O–H groups in total. The molecule has 1 heterocycles. The van der Waals surface area contributed by atoms with Gasteiger partial charge in [0.2, 0.25) is 0 Å². The Balaban J connectivity index is 1.74. The molecule has 1 aromatic carbocycles. The molecule has 0 bridgehead atoms. The number of carbonyl (C=O) groups excluding carboxylic acids is 1. The fourth-order valence-corrected chi connectivity index (χ4v) is 2.12. The van der Waals surface area contributed by atoms with E-state index in [1.807, 2.05) is 26.0 Å². The van der Waals surface area contributed by atoms with Crippen LogP contribution in [0.25, 0.3) is 0 Å². The lowest BCUT2D eigenvalue weighted by Crippen LogP contribution is -2.26. The van der Waals surface area contributed by atoms with Crippen molar-refractivity contribution in [3.8, 4) is 5.75 Å². The van der Waals surface area contributed by atoms with E-state index < -0.39 is 0 Å². The van der Waals surface area contributed by atoms with E-state index in [4.69, 9.17) is 21.1 Å². The minimum absolute atomic E-state index is 0.204. The number of amides is 1. The van der Waals surface area contributed by atoms with Gasteiger partial charge in [-0.15, -0.1) is 0 Å². The molecule has 2 rings (SSSR count). The van der Waals surface area contributed by atoms with E-state index in [1.165, 1.54) is 0 Å². The van der Waals surface area contributed by atoms with E-state index in [-0.39, 0.29) is 18.7 Å². The monoisotopic (exact) mass is 351 g/mol. The number of hydrogen-bond donors (Lipinski definition) is 1. The highest BCUT2D eigenvalue weighted by Crippen LogP contribution is 2.17. The quantitative estimate of drug-likeness (QED) is 0.705. The molecular weight excluding hydrogens is 330 g/mol. The zero-order valence-corrected chi connectivity index (χ0v) is 14.6. The Morgan fingerprint density at radius 1 is 1.38 bits per heavy atom. The van der Waals surface area contributed by atoms with Crippen molar-refractivity contribution < 1.29 is 14.3 Å². The zero-order valence-electron chi connectivity index (χ0n) is 13.9. The molecule has 0 unspecified atom stereocenters. The summed E-state index contributed by atoms with van der Waals surface area (Å²) in [6, 6.07) is 8.76. The van der Waals surface area contributed by atoms with E-state index >= 15 is 0 Å². The third-order valence-corrected chi connectivity index (χ3v) is 3.33. The largest absolute Gasteiger partial charge is 0.471 e. The van der Waals surface area contributed by atoms with Crippen LogP contribution in [0.3, 0.4) is 0 Å². The molecule has 0 saturated carbocycles. The summed E-state index contributed by atoms with van der Waals surface area (Å²) in [5, 5.41) is 7.61. The minimum Gasteiger partial charge on any atom is -0.471 e. The van der Waals surface area contributed by atoms with Crippen LogP contribution in [0.2, 0.25) is 5.02 Å². The van der Waals surface area contributed by atoms with E-state index in [1.54, 1.807) is 29.1 Å². The maximum absolute atomic E-state index is 12.0. The molecule has 130 valence electrons. The van der Waals surface area contributed by atoms with Gasteiger partial charge in [-0.25, -0.2) is 4.68 Å². The van der Waals surface area contributed by atoms with Gasteiger partial charge in [0.25, 0.3) is 5.91 Å². The van der Waals surface area contributed by atoms with Gasteiger partial charge in [-0.2, -0.15) is 5.10 Å². The molecule has 0 aliphatic rings. The van der Waals surface area contributed by atoms with Crippen molar-refractivity contribution in [3.05, 3.63) is 47.2 Å². The highest BCUT2D eigenvalue weighted by Gasteiger charge is 2.09. The molecule has 0 aliphatic carbocycles. The molecule has 7 heteroatoms. The zero-order chi connectivity index (χ0) is 17.4. The Morgan fingerprint density at radius 2 is 2.21 bits per heavy atom. The van der Waals surface area contributed by atoms with Gasteiger partial charge in [-0.05, 0) is 44.5 Å². The molecule has 0 radical (unpaired) electrons. The molecule has 2 aromatic rings. The molecule has 0 spiro atoms. The summed E-state index contributed by atoms with van der Waals surface area (Å²) < 4.78 is 12.5. The number of nitrogens with zero attached hydrogens (tertiary/aromatic N) is 2. The van der Waals surface area contributed by atoms with Crippen LogP contribution in [0, 0.1) is 0 Å². The third kappa shape index (κ3) is 6.22. The number of ether oxygens (including phenoxy) is 2. The molecular formula is C17H22ClN3O3. The first kappa shape index (κ1) is 18.3. The summed E-state index contributed by atoms with van der Waals surface area (Å²) in [4.78, 5) is 12.0. The second kappa shape index (κ2) is 9.30. The number of aromatic nitrogens is 2. The van der Waals surface area contributed by atoms with Crippen LogP contribution in [-0.2, 0) is 11.5 Å². The van der Waals surface area contributed by atoms with Crippen molar-refractivity contribution in [2.75, 3.05) is 13.2 Å². The number of halogens is 1. The van der Waals surface area contributed by atoms with Gasteiger partial charge in [0.15, 0.2) is 6.73 Å². The minimum atomic E-state index is -0.207. The topological polar surface area (TPSA) is 65.4 Å². The lowest BCUT2D eigenvalue weighted by molar-refractivity contribution is 0.0756. The highest BCUT2D eigenvalue weighted by molar-refractivity contribution is 6.30. The second-order valence-corrected chi connectivity index (χ2v) is 5.94. The van der Waals surface area contributed by atoms with Crippen molar-refractivity contribution in [1.82, 2.24) is 15.1 Å². The molecule has 24 heavy (non-hydrogen) atoms. The van der Waals surface area contributed by atoms with Gasteiger partial charge in [0.1, 0.15) is 11.4 Å². The predicted octanol–water partition coefficient (Wildman–Crippen LogP) is 3.12. The lowest BCUT2D eigenvalue weighted by Gasteiger charge is -2.07. The number of carbonyl (C=O) groups is 1. The van der Waals surface area contributed by atoms with Gasteiger partial charge in [0, 0.05) is 24.4 Å². The molecule has 0 aliphatic heterocycles. The standard InChI is InChI=1S/C17H22ClN3O3/c1-13(2)23-10-4-8-19-17(22)16-7-9-21(20-16)12-24-15-6-3-5-14(18)11-15/h3,5-7,9,11,13H,4,8,10,12H2,1-2H3,(H,19,22). The van der Waals surface area contributed by atoms with Crippen LogP contribution in [0.15, 0.2) is 36.5 Å². The van der Waals surface area contributed by atoms with Crippen molar-refractivity contribution in [2.45, 2.75) is 33.1 Å². The normalized spacial score (nSPS) is 10.8. The first-order valence-corrected chi connectivity index (χ1v) is 8.24. The Bertz CT molecular complexity index is 658. The molecule has 6 nitrogen and oxygen atoms in total. The lowest BCUT2D eigenvalue weighted by atomic mass is 10.3. The average Bonchev–Trinajstić information content (AvgIpc) is 3.01. The molecule has 1 amide bonds. The number of nitrogens with one attached hydrogen (secondary N) is 1. The summed E-state index contributed by atoms with van der Waals surface area (Å²) in [5.74, 6) is 0.440. The Kier molecular flexibility index (Phi) is 7.08. The first-order chi connectivity index (χ1) is 11.5. The highest BCUT2D eigenvalue weighted by atomic mass is 35.5. The van der Waals surface area contributed by atoms with Crippen molar-refractivity contribution >= 4 is 17.5 Å². The Hall–Kier alpha value is -2.05. The van der Waals surface area contributed by atoms with Gasteiger partial charge in [0.05, 0.1) is 6.10 Å². The molecule has 0 fully saturated rings. The van der Waals surface area contributed by atoms with Crippen LogP contribution in [0.5, 0.6) is 5.75 Å². The van der Waals surface area contributed by atoms with Crippen LogP contribution in [0.1, 0.15) is 30.8 Å². The van der Waals surface area contributed by atoms with Crippen LogP contribution in [0.4, 0.5) is 0 Å². The summed E-state index contributed by atoms with van der Waals surface area (Å²) >= 11 is 5.90. The SMILES string of the molecule is CC(C)OCCCNC(=O)c1ccn(COc2cccc(Cl)c2)n1. The van der Waals surface area contributed by atoms with E-state index in [2.05, 4.69) is 10.4 Å². The number of rotatable bonds is 9. The van der Waals surface area contributed by atoms with Crippen LogP contribution < -0.4 is 10.1 Å². The third-order valence-electron chi connectivity index (χ3n) is 3.09. The Labute approximate surface area is 146 Å². The van der Waals surface area contributed by atoms with E-state index in [0.717, 1.165) is 6.42 Å². The smallest absolute Gasteiger partial charge is 0.271 e. The van der Waals surface area contributed by atoms with Crippen LogP contribution in [-0.4, -0.2) is 34.9 Å².